The highest BCUT2D eigenvalue weighted by molar-refractivity contribution is 5.87. The van der Waals surface area contributed by atoms with Crippen molar-refractivity contribution in [3.8, 4) is 0 Å². The molecule has 0 fully saturated rings. The van der Waals surface area contributed by atoms with E-state index in [2.05, 4.69) is 13.2 Å². The average molecular weight is 206 g/mol. The van der Waals surface area contributed by atoms with Crippen LogP contribution in [0, 0.1) is 0 Å². The predicted octanol–water partition coefficient (Wildman–Crippen LogP) is 3.18. The summed E-state index contributed by atoms with van der Waals surface area (Å²) in [6.45, 7) is 11.0. The Hall–Kier alpha value is -1.57. The van der Waals surface area contributed by atoms with Crippen LogP contribution in [0.25, 0.3) is 0 Å². The molecule has 0 amide bonds. The second-order valence-corrected chi connectivity index (χ2v) is 3.14. The van der Waals surface area contributed by atoms with Crippen molar-refractivity contribution >= 4 is 5.97 Å². The van der Waals surface area contributed by atoms with Crippen molar-refractivity contribution < 1.29 is 9.53 Å². The van der Waals surface area contributed by atoms with Gasteiger partial charge in [0.1, 0.15) is 6.61 Å². The Kier molecular flexibility index (Phi) is 6.98. The van der Waals surface area contributed by atoms with Crippen molar-refractivity contribution in [1.82, 2.24) is 0 Å². The molecule has 2 heteroatoms. The number of hydrogen-bond donors (Lipinski definition) is 0. The highest BCUT2D eigenvalue weighted by atomic mass is 16.5. The molecule has 0 saturated carbocycles. The van der Waals surface area contributed by atoms with Crippen LogP contribution in [-0.2, 0) is 9.53 Å². The minimum atomic E-state index is -0.357. The quantitative estimate of drug-likeness (QED) is 0.379. The smallest absolute Gasteiger partial charge is 0.333 e. The van der Waals surface area contributed by atoms with E-state index in [9.17, 15) is 4.79 Å². The molecular weight excluding hydrogens is 188 g/mol. The molecule has 0 atom stereocenters. The normalized spacial score (nSPS) is 11.5. The number of esters is 1. The molecule has 0 rings (SSSR count). The summed E-state index contributed by atoms with van der Waals surface area (Å²) in [5.74, 6) is -0.357. The van der Waals surface area contributed by atoms with Crippen molar-refractivity contribution in [2.24, 2.45) is 0 Å². The summed E-state index contributed by atoms with van der Waals surface area (Å²) in [5.41, 5.74) is 1.38. The highest BCUT2D eigenvalue weighted by Gasteiger charge is 2.02. The molecule has 82 valence electrons. The Morgan fingerprint density at radius 3 is 2.60 bits per heavy atom. The van der Waals surface area contributed by atoms with Gasteiger partial charge in [0.15, 0.2) is 0 Å². The molecule has 2 nitrogen and oxygen atoms in total. The molecule has 0 aromatic rings. The highest BCUT2D eigenvalue weighted by Crippen LogP contribution is 2.02. The topological polar surface area (TPSA) is 26.3 Å². The molecular formula is C13H18O2. The van der Waals surface area contributed by atoms with Crippen LogP contribution in [0.1, 0.15) is 20.3 Å². The van der Waals surface area contributed by atoms with Gasteiger partial charge >= 0.3 is 5.97 Å². The first kappa shape index (κ1) is 13.4. The van der Waals surface area contributed by atoms with Crippen molar-refractivity contribution in [2.75, 3.05) is 6.61 Å². The zero-order valence-electron chi connectivity index (χ0n) is 9.45. The van der Waals surface area contributed by atoms with Gasteiger partial charge in [0.2, 0.25) is 0 Å². The number of hydrogen-bond acceptors (Lipinski definition) is 2. The molecule has 0 saturated heterocycles. The van der Waals surface area contributed by atoms with Crippen molar-refractivity contribution in [3.63, 3.8) is 0 Å². The lowest BCUT2D eigenvalue weighted by atomic mass is 10.2. The fourth-order valence-electron chi connectivity index (χ4n) is 0.901. The Bertz CT molecular complexity index is 296. The van der Waals surface area contributed by atoms with Crippen LogP contribution in [0.3, 0.4) is 0 Å². The van der Waals surface area contributed by atoms with E-state index in [1.807, 2.05) is 25.2 Å². The summed E-state index contributed by atoms with van der Waals surface area (Å²) in [5, 5.41) is 0. The van der Waals surface area contributed by atoms with Gasteiger partial charge in [-0.15, -0.1) is 0 Å². The maximum absolute atomic E-state index is 11.1. The van der Waals surface area contributed by atoms with Crippen LogP contribution in [0.15, 0.2) is 48.6 Å². The van der Waals surface area contributed by atoms with E-state index in [1.54, 1.807) is 13.0 Å². The number of allylic oxidation sites excluding steroid dienone is 3. The Morgan fingerprint density at radius 1 is 1.47 bits per heavy atom. The molecule has 0 aliphatic heterocycles. The molecule has 0 aliphatic carbocycles. The van der Waals surface area contributed by atoms with Crippen molar-refractivity contribution in [2.45, 2.75) is 20.3 Å². The van der Waals surface area contributed by atoms with E-state index in [4.69, 9.17) is 4.74 Å². The fourth-order valence-corrected chi connectivity index (χ4v) is 0.901. The molecule has 0 aliphatic rings. The van der Waals surface area contributed by atoms with Crippen molar-refractivity contribution in [1.29, 1.82) is 0 Å². The maximum atomic E-state index is 11.1. The standard InChI is InChI=1S/C13H18O2/c1-5-7-9-12(8-6-2)10-15-13(14)11(3)4/h5,7-9H,1,3,6,10H2,2,4H3/b9-7-,12-8+. The van der Waals surface area contributed by atoms with Gasteiger partial charge in [0.25, 0.3) is 0 Å². The van der Waals surface area contributed by atoms with Gasteiger partial charge < -0.3 is 4.74 Å². The lowest BCUT2D eigenvalue weighted by molar-refractivity contribution is -0.137. The van der Waals surface area contributed by atoms with Gasteiger partial charge in [-0.3, -0.25) is 0 Å². The molecule has 0 unspecified atom stereocenters. The van der Waals surface area contributed by atoms with E-state index in [0.717, 1.165) is 12.0 Å². The maximum Gasteiger partial charge on any atom is 0.333 e. The zero-order chi connectivity index (χ0) is 11.7. The SMILES string of the molecule is C=C/C=C\C(=C/CC)COC(=O)C(=C)C. The molecule has 0 bridgehead atoms. The van der Waals surface area contributed by atoms with Gasteiger partial charge in [0, 0.05) is 5.57 Å². The largest absolute Gasteiger partial charge is 0.457 e. The third-order valence-corrected chi connectivity index (χ3v) is 1.63. The third kappa shape index (κ3) is 6.49. The van der Waals surface area contributed by atoms with Crippen molar-refractivity contribution in [3.05, 3.63) is 48.6 Å². The summed E-state index contributed by atoms with van der Waals surface area (Å²) in [4.78, 5) is 11.1. The van der Waals surface area contributed by atoms with Crippen LogP contribution in [0.4, 0.5) is 0 Å². The summed E-state index contributed by atoms with van der Waals surface area (Å²) in [6.07, 6.45) is 8.29. The number of ether oxygens (including phenoxy) is 1. The number of carbonyl (C=O) groups excluding carboxylic acids is 1. The predicted molar refractivity (Wildman–Crippen MR) is 63.5 cm³/mol. The van der Waals surface area contributed by atoms with Crippen LogP contribution in [0.5, 0.6) is 0 Å². The molecule has 0 aromatic carbocycles. The second-order valence-electron chi connectivity index (χ2n) is 3.14. The van der Waals surface area contributed by atoms with Crippen LogP contribution in [0.2, 0.25) is 0 Å². The van der Waals surface area contributed by atoms with Crippen LogP contribution < -0.4 is 0 Å². The van der Waals surface area contributed by atoms with E-state index < -0.39 is 0 Å². The molecule has 0 N–H and O–H groups in total. The Morgan fingerprint density at radius 2 is 2.13 bits per heavy atom. The zero-order valence-corrected chi connectivity index (χ0v) is 9.45. The van der Waals surface area contributed by atoms with E-state index in [-0.39, 0.29) is 12.6 Å². The Balaban J connectivity index is 4.25. The van der Waals surface area contributed by atoms with E-state index >= 15 is 0 Å². The van der Waals surface area contributed by atoms with Gasteiger partial charge in [-0.1, -0.05) is 44.4 Å². The lowest BCUT2D eigenvalue weighted by Crippen LogP contribution is -2.07. The van der Waals surface area contributed by atoms with Gasteiger partial charge in [-0.05, 0) is 18.9 Å². The minimum Gasteiger partial charge on any atom is -0.457 e. The van der Waals surface area contributed by atoms with E-state index in [1.165, 1.54) is 0 Å². The Labute approximate surface area is 91.6 Å². The summed E-state index contributed by atoms with van der Waals surface area (Å²) < 4.78 is 5.02. The molecule has 15 heavy (non-hydrogen) atoms. The molecule has 0 aromatic heterocycles. The first-order chi connectivity index (χ1) is 7.11. The number of carbonyl (C=O) groups is 1. The first-order valence-electron chi connectivity index (χ1n) is 4.92. The number of rotatable bonds is 6. The molecule has 0 radical (unpaired) electrons. The third-order valence-electron chi connectivity index (χ3n) is 1.63. The molecule has 0 heterocycles. The van der Waals surface area contributed by atoms with Crippen LogP contribution >= 0.6 is 0 Å². The average Bonchev–Trinajstić information content (AvgIpc) is 2.21. The fraction of sp³-hybridized carbons (Fsp3) is 0.308. The summed E-state index contributed by atoms with van der Waals surface area (Å²) >= 11 is 0. The van der Waals surface area contributed by atoms with E-state index in [0.29, 0.717) is 5.57 Å². The van der Waals surface area contributed by atoms with Gasteiger partial charge in [0.05, 0.1) is 0 Å². The first-order valence-corrected chi connectivity index (χ1v) is 4.92. The summed E-state index contributed by atoms with van der Waals surface area (Å²) in [6, 6.07) is 0. The summed E-state index contributed by atoms with van der Waals surface area (Å²) in [7, 11) is 0. The lowest BCUT2D eigenvalue weighted by Gasteiger charge is -2.04. The minimum absolute atomic E-state index is 0.282. The monoisotopic (exact) mass is 206 g/mol. The van der Waals surface area contributed by atoms with Gasteiger partial charge in [-0.2, -0.15) is 0 Å². The second kappa shape index (κ2) is 7.80. The van der Waals surface area contributed by atoms with Crippen LogP contribution in [-0.4, -0.2) is 12.6 Å². The van der Waals surface area contributed by atoms with Gasteiger partial charge in [-0.25, -0.2) is 4.79 Å². The molecule has 0 spiro atoms.